The lowest BCUT2D eigenvalue weighted by molar-refractivity contribution is 0.0953. The van der Waals surface area contributed by atoms with Gasteiger partial charge < -0.3 is 14.8 Å². The Balaban J connectivity index is 2.14. The van der Waals surface area contributed by atoms with Gasteiger partial charge >= 0.3 is 0 Å². The van der Waals surface area contributed by atoms with Gasteiger partial charge in [-0.1, -0.05) is 31.5 Å². The number of para-hydroxylation sites is 1. The highest BCUT2D eigenvalue weighted by Gasteiger charge is 2.11. The molecule has 0 saturated heterocycles. The van der Waals surface area contributed by atoms with Crippen LogP contribution in [0.1, 0.15) is 48.2 Å². The third-order valence-corrected chi connectivity index (χ3v) is 3.92. The molecule has 2 rings (SSSR count). The van der Waals surface area contributed by atoms with Crippen LogP contribution in [0.2, 0.25) is 0 Å². The third-order valence-electron chi connectivity index (χ3n) is 3.92. The van der Waals surface area contributed by atoms with E-state index in [1.54, 1.807) is 6.07 Å². The van der Waals surface area contributed by atoms with Gasteiger partial charge in [0.2, 0.25) is 0 Å². The molecule has 0 heterocycles. The number of hydrogen-bond acceptors (Lipinski definition) is 3. The molecule has 25 heavy (non-hydrogen) atoms. The van der Waals surface area contributed by atoms with E-state index in [4.69, 9.17) is 9.47 Å². The van der Waals surface area contributed by atoms with Crippen molar-refractivity contribution >= 4 is 5.91 Å². The lowest BCUT2D eigenvalue weighted by Gasteiger charge is -2.14. The first-order chi connectivity index (χ1) is 12.2. The molecule has 2 aromatic rings. The largest absolute Gasteiger partial charge is 0.493 e. The summed E-state index contributed by atoms with van der Waals surface area (Å²) < 4.78 is 11.6. The number of unbranched alkanes of at least 4 members (excludes halogenated alkanes) is 1. The van der Waals surface area contributed by atoms with Crippen molar-refractivity contribution in [1.29, 1.82) is 0 Å². The van der Waals surface area contributed by atoms with Gasteiger partial charge in [0.05, 0.1) is 6.61 Å². The summed E-state index contributed by atoms with van der Waals surface area (Å²) in [5, 5.41) is 2.94. The second-order valence-corrected chi connectivity index (χ2v) is 5.92. The van der Waals surface area contributed by atoms with Crippen molar-refractivity contribution in [1.82, 2.24) is 5.32 Å². The van der Waals surface area contributed by atoms with E-state index in [0.717, 1.165) is 35.5 Å². The molecule has 0 atom stereocenters. The normalized spacial score (nSPS) is 10.4. The van der Waals surface area contributed by atoms with Crippen LogP contribution in [0.15, 0.2) is 42.5 Å². The van der Waals surface area contributed by atoms with Crippen molar-refractivity contribution < 1.29 is 14.3 Å². The van der Waals surface area contributed by atoms with E-state index in [-0.39, 0.29) is 5.91 Å². The quantitative estimate of drug-likeness (QED) is 0.683. The van der Waals surface area contributed by atoms with E-state index in [9.17, 15) is 4.79 Å². The SMILES string of the molecule is CCCCNC(=O)c1ccc(OCC)c(COc2ccccc2C)c1. The van der Waals surface area contributed by atoms with E-state index >= 15 is 0 Å². The molecule has 1 N–H and O–H groups in total. The minimum atomic E-state index is -0.0614. The fourth-order valence-electron chi connectivity index (χ4n) is 2.48. The van der Waals surface area contributed by atoms with Crippen molar-refractivity contribution in [3.8, 4) is 11.5 Å². The van der Waals surface area contributed by atoms with Gasteiger partial charge in [-0.3, -0.25) is 4.79 Å². The lowest BCUT2D eigenvalue weighted by atomic mass is 10.1. The zero-order chi connectivity index (χ0) is 18.1. The fourth-order valence-corrected chi connectivity index (χ4v) is 2.48. The Morgan fingerprint density at radius 3 is 2.56 bits per heavy atom. The van der Waals surface area contributed by atoms with Gasteiger partial charge in [0.1, 0.15) is 18.1 Å². The molecular weight excluding hydrogens is 314 g/mol. The van der Waals surface area contributed by atoms with Crippen molar-refractivity contribution in [3.05, 3.63) is 59.2 Å². The average molecular weight is 341 g/mol. The fraction of sp³-hybridized carbons (Fsp3) is 0.381. The first-order valence-corrected chi connectivity index (χ1v) is 8.88. The Labute approximate surface area is 150 Å². The molecule has 4 heteroatoms. The van der Waals surface area contributed by atoms with Gasteiger partial charge in [-0.15, -0.1) is 0 Å². The third kappa shape index (κ3) is 5.52. The highest BCUT2D eigenvalue weighted by Crippen LogP contribution is 2.24. The summed E-state index contributed by atoms with van der Waals surface area (Å²) in [6, 6.07) is 13.4. The van der Waals surface area contributed by atoms with Crippen LogP contribution in [0, 0.1) is 6.92 Å². The van der Waals surface area contributed by atoms with Crippen LogP contribution in [-0.4, -0.2) is 19.1 Å². The van der Waals surface area contributed by atoms with Crippen LogP contribution >= 0.6 is 0 Å². The molecule has 0 aromatic heterocycles. The summed E-state index contributed by atoms with van der Waals surface area (Å²) in [5.74, 6) is 1.53. The van der Waals surface area contributed by atoms with Gasteiger partial charge in [-0.2, -0.15) is 0 Å². The molecule has 0 spiro atoms. The molecule has 0 radical (unpaired) electrons. The molecule has 2 aromatic carbocycles. The topological polar surface area (TPSA) is 47.6 Å². The van der Waals surface area contributed by atoms with E-state index in [1.165, 1.54) is 0 Å². The summed E-state index contributed by atoms with van der Waals surface area (Å²) >= 11 is 0. The number of amides is 1. The Hall–Kier alpha value is -2.49. The van der Waals surface area contributed by atoms with E-state index in [2.05, 4.69) is 12.2 Å². The second kappa shape index (κ2) is 9.72. The van der Waals surface area contributed by atoms with E-state index in [0.29, 0.717) is 25.3 Å². The Bertz CT molecular complexity index is 697. The number of ether oxygens (including phenoxy) is 2. The number of benzene rings is 2. The first-order valence-electron chi connectivity index (χ1n) is 8.88. The smallest absolute Gasteiger partial charge is 0.251 e. The van der Waals surface area contributed by atoms with Crippen LogP contribution in [0.4, 0.5) is 0 Å². The molecule has 0 aliphatic heterocycles. The summed E-state index contributed by atoms with van der Waals surface area (Å²) in [4.78, 5) is 12.3. The first kappa shape index (κ1) is 18.8. The lowest BCUT2D eigenvalue weighted by Crippen LogP contribution is -2.24. The van der Waals surface area contributed by atoms with Gasteiger partial charge in [0, 0.05) is 17.7 Å². The molecule has 134 valence electrons. The molecule has 4 nitrogen and oxygen atoms in total. The molecule has 0 saturated carbocycles. The average Bonchev–Trinajstić information content (AvgIpc) is 2.62. The van der Waals surface area contributed by atoms with Crippen LogP contribution in [-0.2, 0) is 6.61 Å². The molecule has 0 unspecified atom stereocenters. The van der Waals surface area contributed by atoms with Crippen LogP contribution in [0.5, 0.6) is 11.5 Å². The Kier molecular flexibility index (Phi) is 7.33. The maximum absolute atomic E-state index is 12.3. The van der Waals surface area contributed by atoms with Crippen molar-refractivity contribution in [2.24, 2.45) is 0 Å². The predicted molar refractivity (Wildman–Crippen MR) is 100 cm³/mol. The molecular formula is C21H27NO3. The Morgan fingerprint density at radius 2 is 1.84 bits per heavy atom. The number of carbonyl (C=O) groups is 1. The highest BCUT2D eigenvalue weighted by atomic mass is 16.5. The minimum Gasteiger partial charge on any atom is -0.493 e. The number of hydrogen-bond donors (Lipinski definition) is 1. The molecule has 0 aliphatic rings. The van der Waals surface area contributed by atoms with Crippen molar-refractivity contribution in [3.63, 3.8) is 0 Å². The summed E-state index contributed by atoms with van der Waals surface area (Å²) in [6.45, 7) is 7.67. The van der Waals surface area contributed by atoms with E-state index < -0.39 is 0 Å². The predicted octanol–water partition coefficient (Wildman–Crippen LogP) is 4.50. The van der Waals surface area contributed by atoms with Crippen LogP contribution in [0.3, 0.4) is 0 Å². The van der Waals surface area contributed by atoms with Gasteiger partial charge in [-0.25, -0.2) is 0 Å². The minimum absolute atomic E-state index is 0.0614. The molecule has 0 aliphatic carbocycles. The summed E-state index contributed by atoms with van der Waals surface area (Å²) in [5.41, 5.74) is 2.57. The maximum atomic E-state index is 12.3. The monoisotopic (exact) mass is 341 g/mol. The van der Waals surface area contributed by atoms with Crippen molar-refractivity contribution in [2.45, 2.75) is 40.2 Å². The number of rotatable bonds is 9. The van der Waals surface area contributed by atoms with Gasteiger partial charge in [0.15, 0.2) is 0 Å². The highest BCUT2D eigenvalue weighted by molar-refractivity contribution is 5.94. The summed E-state index contributed by atoms with van der Waals surface area (Å²) in [7, 11) is 0. The number of aryl methyl sites for hydroxylation is 1. The second-order valence-electron chi connectivity index (χ2n) is 5.92. The van der Waals surface area contributed by atoms with E-state index in [1.807, 2.05) is 50.2 Å². The number of nitrogens with one attached hydrogen (secondary N) is 1. The van der Waals surface area contributed by atoms with Crippen LogP contribution < -0.4 is 14.8 Å². The molecule has 0 fully saturated rings. The van der Waals surface area contributed by atoms with Gasteiger partial charge in [0.25, 0.3) is 5.91 Å². The summed E-state index contributed by atoms with van der Waals surface area (Å²) in [6.07, 6.45) is 2.03. The van der Waals surface area contributed by atoms with Crippen LogP contribution in [0.25, 0.3) is 0 Å². The Morgan fingerprint density at radius 1 is 1.04 bits per heavy atom. The zero-order valence-corrected chi connectivity index (χ0v) is 15.3. The standard InChI is InChI=1S/C21H27NO3/c1-4-6-13-22-21(23)17-11-12-20(24-5-2)18(14-17)15-25-19-10-8-7-9-16(19)3/h7-12,14H,4-6,13,15H2,1-3H3,(H,22,23). The molecule has 1 amide bonds. The van der Waals surface area contributed by atoms with Gasteiger partial charge in [-0.05, 0) is 50.1 Å². The number of carbonyl (C=O) groups excluding carboxylic acids is 1. The molecule has 0 bridgehead atoms. The van der Waals surface area contributed by atoms with Crippen molar-refractivity contribution in [2.75, 3.05) is 13.2 Å². The maximum Gasteiger partial charge on any atom is 0.251 e. The zero-order valence-electron chi connectivity index (χ0n) is 15.3.